The van der Waals surface area contributed by atoms with Crippen molar-refractivity contribution in [3.63, 3.8) is 0 Å². The summed E-state index contributed by atoms with van der Waals surface area (Å²) >= 11 is 5.03. The molecule has 20 heavy (non-hydrogen) atoms. The molecule has 2 amide bonds. The topological polar surface area (TPSA) is 61.4 Å². The zero-order valence-electron chi connectivity index (χ0n) is 11.3. The molecular formula is C14H17N3O2S. The van der Waals surface area contributed by atoms with Crippen LogP contribution in [0.15, 0.2) is 24.3 Å². The average molecular weight is 291 g/mol. The number of para-hydroxylation sites is 1. The van der Waals surface area contributed by atoms with Crippen LogP contribution >= 0.6 is 12.2 Å². The fourth-order valence-electron chi connectivity index (χ4n) is 2.18. The minimum absolute atomic E-state index is 0.00350. The van der Waals surface area contributed by atoms with Crippen molar-refractivity contribution < 1.29 is 9.59 Å². The van der Waals surface area contributed by atoms with E-state index in [2.05, 4.69) is 10.6 Å². The Kier molecular flexibility index (Phi) is 4.68. The van der Waals surface area contributed by atoms with Crippen molar-refractivity contribution in [2.45, 2.75) is 19.8 Å². The van der Waals surface area contributed by atoms with Crippen molar-refractivity contribution in [3.8, 4) is 0 Å². The van der Waals surface area contributed by atoms with Crippen molar-refractivity contribution in [1.82, 2.24) is 10.2 Å². The van der Waals surface area contributed by atoms with Crippen molar-refractivity contribution in [2.75, 3.05) is 18.4 Å². The molecule has 1 fully saturated rings. The minimum atomic E-state index is -0.245. The summed E-state index contributed by atoms with van der Waals surface area (Å²) < 4.78 is 0. The Morgan fingerprint density at radius 2 is 1.85 bits per heavy atom. The third-order valence-corrected chi connectivity index (χ3v) is 3.29. The van der Waals surface area contributed by atoms with Gasteiger partial charge in [-0.05, 0) is 37.2 Å². The number of anilines is 1. The summed E-state index contributed by atoms with van der Waals surface area (Å²) in [5, 5.41) is 5.58. The first-order valence-electron chi connectivity index (χ1n) is 6.55. The molecule has 0 bridgehead atoms. The van der Waals surface area contributed by atoms with Crippen LogP contribution in [0.2, 0.25) is 0 Å². The van der Waals surface area contributed by atoms with Crippen molar-refractivity contribution in [1.29, 1.82) is 0 Å². The average Bonchev–Trinajstić information content (AvgIpc) is 2.91. The lowest BCUT2D eigenvalue weighted by molar-refractivity contribution is -0.117. The van der Waals surface area contributed by atoms with Crippen molar-refractivity contribution in [3.05, 3.63) is 29.8 Å². The van der Waals surface area contributed by atoms with Crippen LogP contribution in [0.3, 0.4) is 0 Å². The molecule has 0 radical (unpaired) electrons. The summed E-state index contributed by atoms with van der Waals surface area (Å²) in [7, 11) is 0. The maximum atomic E-state index is 12.4. The molecule has 6 heteroatoms. The SMILES string of the molecule is CC(=O)NC(=S)Nc1ccccc1C(=O)N1CCCC1. The minimum Gasteiger partial charge on any atom is -0.339 e. The number of nitrogens with one attached hydrogen (secondary N) is 2. The highest BCUT2D eigenvalue weighted by Gasteiger charge is 2.21. The quantitative estimate of drug-likeness (QED) is 0.815. The number of hydrogen-bond acceptors (Lipinski definition) is 3. The van der Waals surface area contributed by atoms with Gasteiger partial charge in [-0.15, -0.1) is 0 Å². The Labute approximate surface area is 123 Å². The van der Waals surface area contributed by atoms with E-state index in [0.29, 0.717) is 11.3 Å². The van der Waals surface area contributed by atoms with Crippen LogP contribution in [0.4, 0.5) is 5.69 Å². The van der Waals surface area contributed by atoms with Gasteiger partial charge in [-0.3, -0.25) is 9.59 Å². The first-order valence-corrected chi connectivity index (χ1v) is 6.95. The number of hydrogen-bond donors (Lipinski definition) is 2. The summed E-state index contributed by atoms with van der Waals surface area (Å²) in [4.78, 5) is 25.2. The van der Waals surface area contributed by atoms with Crippen LogP contribution in [-0.2, 0) is 4.79 Å². The Bertz CT molecular complexity index is 539. The maximum absolute atomic E-state index is 12.4. The van der Waals surface area contributed by atoms with Gasteiger partial charge < -0.3 is 15.5 Å². The predicted molar refractivity (Wildman–Crippen MR) is 81.6 cm³/mol. The fourth-order valence-corrected chi connectivity index (χ4v) is 2.44. The Morgan fingerprint density at radius 1 is 1.20 bits per heavy atom. The molecule has 2 rings (SSSR count). The second-order valence-corrected chi connectivity index (χ2v) is 5.09. The van der Waals surface area contributed by atoms with E-state index in [1.807, 2.05) is 17.0 Å². The standard InChI is InChI=1S/C14H17N3O2S/c1-10(18)15-14(20)16-12-7-3-2-6-11(12)13(19)17-8-4-5-9-17/h2-3,6-7H,4-5,8-9H2,1H3,(H2,15,16,18,20). The van der Waals surface area contributed by atoms with Gasteiger partial charge in [0.15, 0.2) is 5.11 Å². The number of amides is 2. The van der Waals surface area contributed by atoms with Gasteiger partial charge in [-0.1, -0.05) is 12.1 Å². The van der Waals surface area contributed by atoms with E-state index in [9.17, 15) is 9.59 Å². The molecule has 1 saturated heterocycles. The normalized spacial score (nSPS) is 13.9. The molecule has 0 saturated carbocycles. The number of rotatable bonds is 2. The molecule has 1 heterocycles. The predicted octanol–water partition coefficient (Wildman–Crippen LogP) is 1.76. The van der Waals surface area contributed by atoms with Crippen molar-refractivity contribution in [2.24, 2.45) is 0 Å². The molecule has 106 valence electrons. The molecule has 1 aromatic rings. The maximum Gasteiger partial charge on any atom is 0.255 e. The first-order chi connectivity index (χ1) is 9.58. The lowest BCUT2D eigenvalue weighted by Gasteiger charge is -2.18. The van der Waals surface area contributed by atoms with Crippen LogP contribution in [0.25, 0.3) is 0 Å². The monoisotopic (exact) mass is 291 g/mol. The molecule has 5 nitrogen and oxygen atoms in total. The van der Waals surface area contributed by atoms with E-state index in [4.69, 9.17) is 12.2 Å². The molecule has 2 N–H and O–H groups in total. The number of nitrogens with zero attached hydrogens (tertiary/aromatic N) is 1. The zero-order chi connectivity index (χ0) is 14.5. The van der Waals surface area contributed by atoms with Crippen LogP contribution in [0, 0.1) is 0 Å². The molecule has 1 aliphatic heterocycles. The van der Waals surface area contributed by atoms with E-state index in [1.165, 1.54) is 6.92 Å². The smallest absolute Gasteiger partial charge is 0.255 e. The summed E-state index contributed by atoms with van der Waals surface area (Å²) in [6, 6.07) is 7.17. The Morgan fingerprint density at radius 3 is 2.50 bits per heavy atom. The van der Waals surface area contributed by atoms with Gasteiger partial charge in [-0.25, -0.2) is 0 Å². The molecule has 0 aliphatic carbocycles. The number of carbonyl (C=O) groups excluding carboxylic acids is 2. The van der Waals surface area contributed by atoms with Gasteiger partial charge in [0.1, 0.15) is 0 Å². The second-order valence-electron chi connectivity index (χ2n) is 4.68. The third kappa shape index (κ3) is 3.54. The van der Waals surface area contributed by atoms with Gasteiger partial charge >= 0.3 is 0 Å². The summed E-state index contributed by atoms with van der Waals surface area (Å²) in [5.74, 6) is -0.248. The zero-order valence-corrected chi connectivity index (χ0v) is 12.1. The number of thiocarbonyl (C=S) groups is 1. The molecule has 0 aromatic heterocycles. The lowest BCUT2D eigenvalue weighted by atomic mass is 10.1. The van der Waals surface area contributed by atoms with Crippen LogP contribution in [0.5, 0.6) is 0 Å². The van der Waals surface area contributed by atoms with E-state index in [1.54, 1.807) is 12.1 Å². The number of carbonyl (C=O) groups is 2. The molecule has 0 atom stereocenters. The third-order valence-electron chi connectivity index (χ3n) is 3.09. The van der Waals surface area contributed by atoms with Gasteiger partial charge in [0.2, 0.25) is 5.91 Å². The van der Waals surface area contributed by atoms with Crippen molar-refractivity contribution >= 4 is 34.8 Å². The van der Waals surface area contributed by atoms with Crippen LogP contribution < -0.4 is 10.6 Å². The second kappa shape index (κ2) is 6.47. The van der Waals surface area contributed by atoms with E-state index >= 15 is 0 Å². The van der Waals surface area contributed by atoms with Gasteiger partial charge in [0.25, 0.3) is 5.91 Å². The molecule has 1 aromatic carbocycles. The number of benzene rings is 1. The highest BCUT2D eigenvalue weighted by atomic mass is 32.1. The summed E-state index contributed by atoms with van der Waals surface area (Å²) in [6.45, 7) is 2.97. The van der Waals surface area contributed by atoms with E-state index < -0.39 is 0 Å². The fraction of sp³-hybridized carbons (Fsp3) is 0.357. The summed E-state index contributed by atoms with van der Waals surface area (Å²) in [6.07, 6.45) is 2.09. The first kappa shape index (κ1) is 14.5. The number of likely N-dealkylation sites (tertiary alicyclic amines) is 1. The van der Waals surface area contributed by atoms with Gasteiger partial charge in [0, 0.05) is 20.0 Å². The van der Waals surface area contributed by atoms with E-state index in [0.717, 1.165) is 25.9 Å². The molecule has 1 aliphatic rings. The van der Waals surface area contributed by atoms with Gasteiger partial charge in [0.05, 0.1) is 11.3 Å². The highest BCUT2D eigenvalue weighted by Crippen LogP contribution is 2.20. The highest BCUT2D eigenvalue weighted by molar-refractivity contribution is 7.80. The Balaban J connectivity index is 2.15. The van der Waals surface area contributed by atoms with Gasteiger partial charge in [-0.2, -0.15) is 0 Å². The van der Waals surface area contributed by atoms with Crippen LogP contribution in [0.1, 0.15) is 30.1 Å². The molecular weight excluding hydrogens is 274 g/mol. The Hall–Kier alpha value is -1.95. The molecule has 0 unspecified atom stereocenters. The molecule has 0 spiro atoms. The van der Waals surface area contributed by atoms with E-state index in [-0.39, 0.29) is 16.9 Å². The van der Waals surface area contributed by atoms with Crippen LogP contribution in [-0.4, -0.2) is 34.9 Å². The lowest BCUT2D eigenvalue weighted by Crippen LogP contribution is -2.33. The summed E-state index contributed by atoms with van der Waals surface area (Å²) in [5.41, 5.74) is 1.19. The largest absolute Gasteiger partial charge is 0.339 e.